The van der Waals surface area contributed by atoms with E-state index in [0.717, 1.165) is 17.0 Å². The van der Waals surface area contributed by atoms with Crippen LogP contribution in [0.3, 0.4) is 0 Å². The summed E-state index contributed by atoms with van der Waals surface area (Å²) >= 11 is 13.7. The van der Waals surface area contributed by atoms with Gasteiger partial charge in [0, 0.05) is 21.4 Å². The zero-order valence-electron chi connectivity index (χ0n) is 14.3. The molecule has 0 aliphatic carbocycles. The summed E-state index contributed by atoms with van der Waals surface area (Å²) in [4.78, 5) is 4.56. The Morgan fingerprint density at radius 2 is 1.76 bits per heavy atom. The van der Waals surface area contributed by atoms with Crippen molar-refractivity contribution in [2.24, 2.45) is 0 Å². The first kappa shape index (κ1) is 18.3. The van der Waals surface area contributed by atoms with Crippen LogP contribution in [0, 0.1) is 0 Å². The van der Waals surface area contributed by atoms with Crippen molar-refractivity contribution < 1.29 is 0 Å². The number of H-pyrrole nitrogens is 1. The van der Waals surface area contributed by atoms with Gasteiger partial charge in [-0.05, 0) is 28.7 Å². The van der Waals surface area contributed by atoms with Crippen LogP contribution in [-0.2, 0) is 11.2 Å². The summed E-state index contributed by atoms with van der Waals surface area (Å²) in [5.74, 6) is 1.46. The van der Waals surface area contributed by atoms with Crippen molar-refractivity contribution >= 4 is 35.0 Å². The Labute approximate surface area is 162 Å². The van der Waals surface area contributed by atoms with Gasteiger partial charge in [0.15, 0.2) is 5.82 Å². The van der Waals surface area contributed by atoms with Crippen LogP contribution >= 0.6 is 35.0 Å². The quantitative estimate of drug-likeness (QED) is 0.525. The van der Waals surface area contributed by atoms with Crippen molar-refractivity contribution in [3.63, 3.8) is 0 Å². The fourth-order valence-corrected chi connectivity index (χ4v) is 3.71. The molecule has 0 aliphatic rings. The van der Waals surface area contributed by atoms with E-state index in [2.05, 4.69) is 60.2 Å². The number of nitrogens with zero attached hydrogens (tertiary/aromatic N) is 2. The number of halogens is 2. The highest BCUT2D eigenvalue weighted by atomic mass is 35.5. The third-order valence-corrected chi connectivity index (χ3v) is 5.34. The highest BCUT2D eigenvalue weighted by molar-refractivity contribution is 7.98. The standard InChI is InChI=1S/C19H19Cl2N3S/c1-19(2,3)14-7-4-12(5-8-14)17-22-18(24-23-17)25-11-13-6-9-15(20)10-16(13)21/h4-10H,11H2,1-3H3,(H,22,23,24). The number of nitrogens with one attached hydrogen (secondary N) is 1. The van der Waals surface area contributed by atoms with Gasteiger partial charge < -0.3 is 0 Å². The molecule has 0 spiro atoms. The van der Waals surface area contributed by atoms with Crippen LogP contribution in [0.4, 0.5) is 0 Å². The number of benzene rings is 2. The summed E-state index contributed by atoms with van der Waals surface area (Å²) in [6.45, 7) is 6.60. The van der Waals surface area contributed by atoms with Crippen LogP contribution < -0.4 is 0 Å². The number of aromatic amines is 1. The fraction of sp³-hybridized carbons (Fsp3) is 0.263. The van der Waals surface area contributed by atoms with Crippen LogP contribution in [0.5, 0.6) is 0 Å². The Morgan fingerprint density at radius 1 is 1.04 bits per heavy atom. The van der Waals surface area contributed by atoms with E-state index in [1.807, 2.05) is 12.1 Å². The second kappa shape index (κ2) is 7.40. The van der Waals surface area contributed by atoms with Gasteiger partial charge in [-0.15, -0.1) is 5.10 Å². The monoisotopic (exact) mass is 391 g/mol. The van der Waals surface area contributed by atoms with Gasteiger partial charge in [-0.1, -0.05) is 86.1 Å². The lowest BCUT2D eigenvalue weighted by Crippen LogP contribution is -2.10. The first-order valence-electron chi connectivity index (χ1n) is 7.93. The van der Waals surface area contributed by atoms with E-state index in [9.17, 15) is 0 Å². The Balaban J connectivity index is 1.70. The second-order valence-corrected chi connectivity index (χ2v) is 8.60. The van der Waals surface area contributed by atoms with Gasteiger partial charge in [0.1, 0.15) is 0 Å². The van der Waals surface area contributed by atoms with E-state index in [-0.39, 0.29) is 5.41 Å². The zero-order chi connectivity index (χ0) is 18.0. The highest BCUT2D eigenvalue weighted by Gasteiger charge is 2.14. The SMILES string of the molecule is CC(C)(C)c1ccc(-c2nc(SCc3ccc(Cl)cc3Cl)n[nH]2)cc1. The molecule has 25 heavy (non-hydrogen) atoms. The molecule has 0 saturated carbocycles. The van der Waals surface area contributed by atoms with Crippen molar-refractivity contribution in [1.82, 2.24) is 15.2 Å². The van der Waals surface area contributed by atoms with Gasteiger partial charge >= 0.3 is 0 Å². The van der Waals surface area contributed by atoms with Gasteiger partial charge in [-0.25, -0.2) is 4.98 Å². The summed E-state index contributed by atoms with van der Waals surface area (Å²) in [5.41, 5.74) is 3.47. The highest BCUT2D eigenvalue weighted by Crippen LogP contribution is 2.29. The van der Waals surface area contributed by atoms with Crippen molar-refractivity contribution in [3.05, 3.63) is 63.6 Å². The van der Waals surface area contributed by atoms with E-state index < -0.39 is 0 Å². The van der Waals surface area contributed by atoms with Gasteiger partial charge in [0.25, 0.3) is 0 Å². The van der Waals surface area contributed by atoms with Crippen LogP contribution in [0.25, 0.3) is 11.4 Å². The average Bonchev–Trinajstić information content (AvgIpc) is 3.02. The van der Waals surface area contributed by atoms with Gasteiger partial charge in [-0.3, -0.25) is 5.10 Å². The third-order valence-electron chi connectivity index (χ3n) is 3.86. The minimum absolute atomic E-state index is 0.138. The van der Waals surface area contributed by atoms with E-state index >= 15 is 0 Å². The summed E-state index contributed by atoms with van der Waals surface area (Å²) in [5, 5.41) is 9.28. The smallest absolute Gasteiger partial charge is 0.209 e. The topological polar surface area (TPSA) is 41.6 Å². The Bertz CT molecular complexity index is 867. The Kier molecular flexibility index (Phi) is 5.42. The predicted octanol–water partition coefficient (Wildman–Crippen LogP) is 6.37. The molecule has 0 unspecified atom stereocenters. The molecule has 1 heterocycles. The van der Waals surface area contributed by atoms with E-state index in [4.69, 9.17) is 23.2 Å². The molecule has 3 rings (SSSR count). The molecular weight excluding hydrogens is 373 g/mol. The molecule has 0 radical (unpaired) electrons. The largest absolute Gasteiger partial charge is 0.258 e. The van der Waals surface area contributed by atoms with Crippen molar-refractivity contribution in [3.8, 4) is 11.4 Å². The Hall–Kier alpha value is -1.49. The molecule has 1 aromatic heterocycles. The van der Waals surface area contributed by atoms with Gasteiger partial charge in [-0.2, -0.15) is 0 Å². The summed E-state index contributed by atoms with van der Waals surface area (Å²) < 4.78 is 0. The summed E-state index contributed by atoms with van der Waals surface area (Å²) in [6, 6.07) is 13.9. The third kappa shape index (κ3) is 4.57. The molecule has 2 aromatic carbocycles. The summed E-state index contributed by atoms with van der Waals surface area (Å²) in [7, 11) is 0. The number of thioether (sulfide) groups is 1. The molecule has 6 heteroatoms. The molecule has 1 N–H and O–H groups in total. The summed E-state index contributed by atoms with van der Waals surface area (Å²) in [6.07, 6.45) is 0. The van der Waals surface area contributed by atoms with Crippen LogP contribution in [-0.4, -0.2) is 15.2 Å². The minimum atomic E-state index is 0.138. The molecule has 0 amide bonds. The normalized spacial score (nSPS) is 11.7. The molecule has 0 atom stereocenters. The molecule has 0 aliphatic heterocycles. The number of hydrogen-bond acceptors (Lipinski definition) is 3. The molecule has 3 nitrogen and oxygen atoms in total. The fourth-order valence-electron chi connectivity index (χ4n) is 2.35. The average molecular weight is 392 g/mol. The second-order valence-electron chi connectivity index (χ2n) is 6.82. The van der Waals surface area contributed by atoms with Crippen LogP contribution in [0.2, 0.25) is 10.0 Å². The minimum Gasteiger partial charge on any atom is -0.258 e. The maximum absolute atomic E-state index is 6.20. The van der Waals surface area contributed by atoms with Crippen molar-refractivity contribution in [2.75, 3.05) is 0 Å². The first-order chi connectivity index (χ1) is 11.8. The zero-order valence-corrected chi connectivity index (χ0v) is 16.6. The van der Waals surface area contributed by atoms with Gasteiger partial charge in [0.2, 0.25) is 5.16 Å². The lowest BCUT2D eigenvalue weighted by molar-refractivity contribution is 0.590. The molecule has 3 aromatic rings. The van der Waals surface area contributed by atoms with Crippen LogP contribution in [0.15, 0.2) is 47.6 Å². The number of aromatic nitrogens is 3. The first-order valence-corrected chi connectivity index (χ1v) is 9.67. The lowest BCUT2D eigenvalue weighted by Gasteiger charge is -2.18. The molecular formula is C19H19Cl2N3S. The molecule has 0 bridgehead atoms. The lowest BCUT2D eigenvalue weighted by atomic mass is 9.87. The maximum atomic E-state index is 6.20. The molecule has 0 fully saturated rings. The van der Waals surface area contributed by atoms with E-state index in [1.54, 1.807) is 6.07 Å². The molecule has 0 saturated heterocycles. The van der Waals surface area contributed by atoms with Gasteiger partial charge in [0.05, 0.1) is 0 Å². The molecule has 130 valence electrons. The predicted molar refractivity (Wildman–Crippen MR) is 107 cm³/mol. The number of hydrogen-bond donors (Lipinski definition) is 1. The number of rotatable bonds is 4. The maximum Gasteiger partial charge on any atom is 0.209 e. The van der Waals surface area contributed by atoms with E-state index in [0.29, 0.717) is 21.0 Å². The van der Waals surface area contributed by atoms with Crippen molar-refractivity contribution in [2.45, 2.75) is 37.1 Å². The van der Waals surface area contributed by atoms with Crippen LogP contribution in [0.1, 0.15) is 31.9 Å². The van der Waals surface area contributed by atoms with Crippen molar-refractivity contribution in [1.29, 1.82) is 0 Å². The van der Waals surface area contributed by atoms with E-state index in [1.165, 1.54) is 17.3 Å². The Morgan fingerprint density at radius 3 is 2.40 bits per heavy atom.